The maximum absolute atomic E-state index is 12.7. The van der Waals surface area contributed by atoms with E-state index < -0.39 is 24.0 Å². The predicted octanol–water partition coefficient (Wildman–Crippen LogP) is 3.51. The van der Waals surface area contributed by atoms with Crippen molar-refractivity contribution in [2.45, 2.75) is 10.9 Å². The number of carbonyl (C=O) groups excluding carboxylic acids is 2. The molecule has 1 heterocycles. The lowest BCUT2D eigenvalue weighted by Gasteiger charge is -2.33. The van der Waals surface area contributed by atoms with Gasteiger partial charge in [0.25, 0.3) is 0 Å². The number of rotatable bonds is 7. The summed E-state index contributed by atoms with van der Waals surface area (Å²) in [5.41, 5.74) is 1.10. The SMILES string of the molecule is C=C1NC(=O)N[C@H](c2ccc(OC)cc2)[C@H]1C(=O)OCCSc1ccccc1. The molecule has 3 rings (SSSR count). The van der Waals surface area contributed by atoms with Crippen LogP contribution in [-0.4, -0.2) is 31.5 Å². The number of esters is 1. The molecule has 2 N–H and O–H groups in total. The van der Waals surface area contributed by atoms with Crippen molar-refractivity contribution in [3.8, 4) is 5.75 Å². The Balaban J connectivity index is 1.64. The van der Waals surface area contributed by atoms with Crippen molar-refractivity contribution < 1.29 is 19.1 Å². The van der Waals surface area contributed by atoms with Gasteiger partial charge >= 0.3 is 12.0 Å². The first-order chi connectivity index (χ1) is 13.6. The van der Waals surface area contributed by atoms with Crippen LogP contribution in [0.15, 0.2) is 71.8 Å². The van der Waals surface area contributed by atoms with Crippen molar-refractivity contribution in [2.24, 2.45) is 5.92 Å². The summed E-state index contributed by atoms with van der Waals surface area (Å²) in [5.74, 6) is 0.196. The van der Waals surface area contributed by atoms with Gasteiger partial charge in [-0.2, -0.15) is 0 Å². The third kappa shape index (κ3) is 4.86. The van der Waals surface area contributed by atoms with E-state index in [-0.39, 0.29) is 6.61 Å². The fourth-order valence-electron chi connectivity index (χ4n) is 2.96. The molecule has 2 atom stereocenters. The average Bonchev–Trinajstić information content (AvgIpc) is 2.71. The van der Waals surface area contributed by atoms with Gasteiger partial charge in [-0.1, -0.05) is 36.9 Å². The molecule has 0 spiro atoms. The highest BCUT2D eigenvalue weighted by Crippen LogP contribution is 2.31. The first kappa shape index (κ1) is 19.8. The molecule has 1 aliphatic heterocycles. The van der Waals surface area contributed by atoms with Crippen molar-refractivity contribution in [1.29, 1.82) is 0 Å². The van der Waals surface area contributed by atoms with Crippen LogP contribution in [0.4, 0.5) is 4.79 Å². The van der Waals surface area contributed by atoms with E-state index in [0.29, 0.717) is 17.2 Å². The van der Waals surface area contributed by atoms with Gasteiger partial charge in [-0.25, -0.2) is 4.79 Å². The van der Waals surface area contributed by atoms with E-state index in [1.165, 1.54) is 0 Å². The van der Waals surface area contributed by atoms with Gasteiger partial charge < -0.3 is 20.1 Å². The van der Waals surface area contributed by atoms with Crippen LogP contribution >= 0.6 is 11.8 Å². The monoisotopic (exact) mass is 398 g/mol. The molecule has 0 aromatic heterocycles. The van der Waals surface area contributed by atoms with Gasteiger partial charge in [-0.05, 0) is 29.8 Å². The first-order valence-electron chi connectivity index (χ1n) is 8.83. The molecule has 28 heavy (non-hydrogen) atoms. The number of methoxy groups -OCH3 is 1. The lowest BCUT2D eigenvalue weighted by Crippen LogP contribution is -2.51. The molecule has 1 fully saturated rings. The Hall–Kier alpha value is -2.93. The molecule has 0 aliphatic carbocycles. The zero-order chi connectivity index (χ0) is 19.9. The average molecular weight is 398 g/mol. The largest absolute Gasteiger partial charge is 0.497 e. The molecule has 2 aromatic carbocycles. The van der Waals surface area contributed by atoms with Gasteiger partial charge in [0.1, 0.15) is 18.3 Å². The van der Waals surface area contributed by atoms with Crippen molar-refractivity contribution in [3.05, 3.63) is 72.4 Å². The fraction of sp³-hybridized carbons (Fsp3) is 0.238. The summed E-state index contributed by atoms with van der Waals surface area (Å²) in [6.07, 6.45) is 0. The minimum absolute atomic E-state index is 0.269. The van der Waals surface area contributed by atoms with Gasteiger partial charge in [0.05, 0.1) is 13.2 Å². The number of urea groups is 1. The van der Waals surface area contributed by atoms with Gasteiger partial charge in [0, 0.05) is 16.3 Å². The van der Waals surface area contributed by atoms with Crippen LogP contribution < -0.4 is 15.4 Å². The summed E-state index contributed by atoms with van der Waals surface area (Å²) in [6.45, 7) is 4.12. The second-order valence-electron chi connectivity index (χ2n) is 6.18. The van der Waals surface area contributed by atoms with Crippen LogP contribution in [-0.2, 0) is 9.53 Å². The van der Waals surface area contributed by atoms with Gasteiger partial charge in [0.2, 0.25) is 0 Å². The van der Waals surface area contributed by atoms with Gasteiger partial charge in [-0.15, -0.1) is 11.8 Å². The molecule has 0 unspecified atom stereocenters. The maximum Gasteiger partial charge on any atom is 0.319 e. The standard InChI is InChI=1S/C21H22N2O4S/c1-14-18(20(24)27-12-13-28-17-6-4-3-5-7-17)19(23-21(25)22-14)15-8-10-16(26-2)11-9-15/h3-11,18-19H,1,12-13H2,2H3,(H2,22,23,25)/t18-,19+/m0/s1. The summed E-state index contributed by atoms with van der Waals surface area (Å²) in [6, 6.07) is 16.2. The molecule has 2 aromatic rings. The lowest BCUT2D eigenvalue weighted by molar-refractivity contribution is -0.147. The van der Waals surface area contributed by atoms with E-state index in [0.717, 1.165) is 10.5 Å². The summed E-state index contributed by atoms with van der Waals surface area (Å²) in [7, 11) is 1.58. The zero-order valence-electron chi connectivity index (χ0n) is 15.5. The van der Waals surface area contributed by atoms with E-state index in [9.17, 15) is 9.59 Å². The van der Waals surface area contributed by atoms with E-state index in [2.05, 4.69) is 17.2 Å². The highest BCUT2D eigenvalue weighted by atomic mass is 32.2. The molecular weight excluding hydrogens is 376 g/mol. The molecule has 1 saturated heterocycles. The summed E-state index contributed by atoms with van der Waals surface area (Å²) in [4.78, 5) is 25.7. The van der Waals surface area contributed by atoms with Crippen LogP contribution in [0.1, 0.15) is 11.6 Å². The molecule has 2 amide bonds. The second kappa shape index (κ2) is 9.32. The number of nitrogens with one attached hydrogen (secondary N) is 2. The van der Waals surface area contributed by atoms with Crippen LogP contribution in [0.2, 0.25) is 0 Å². The quantitative estimate of drug-likeness (QED) is 0.424. The van der Waals surface area contributed by atoms with Crippen molar-refractivity contribution in [1.82, 2.24) is 10.6 Å². The molecule has 7 heteroatoms. The summed E-state index contributed by atoms with van der Waals surface area (Å²) < 4.78 is 10.6. The van der Waals surface area contributed by atoms with Crippen LogP contribution in [0.5, 0.6) is 5.75 Å². The second-order valence-corrected chi connectivity index (χ2v) is 7.35. The molecule has 1 aliphatic rings. The van der Waals surface area contributed by atoms with E-state index in [1.54, 1.807) is 31.0 Å². The molecule has 0 bridgehead atoms. The number of hydrogen-bond donors (Lipinski definition) is 2. The number of amides is 2. The van der Waals surface area contributed by atoms with Crippen molar-refractivity contribution in [2.75, 3.05) is 19.5 Å². The summed E-state index contributed by atoms with van der Waals surface area (Å²) in [5, 5.41) is 5.36. The van der Waals surface area contributed by atoms with Crippen LogP contribution in [0, 0.1) is 5.92 Å². The highest BCUT2D eigenvalue weighted by molar-refractivity contribution is 7.99. The van der Waals surface area contributed by atoms with Crippen molar-refractivity contribution >= 4 is 23.8 Å². The molecule has 0 saturated carbocycles. The Morgan fingerprint density at radius 1 is 1.14 bits per heavy atom. The Morgan fingerprint density at radius 3 is 2.54 bits per heavy atom. The van der Waals surface area contributed by atoms with Crippen LogP contribution in [0.25, 0.3) is 0 Å². The maximum atomic E-state index is 12.7. The molecular formula is C21H22N2O4S. The van der Waals surface area contributed by atoms with Gasteiger partial charge in [0.15, 0.2) is 0 Å². The minimum atomic E-state index is -0.715. The number of hydrogen-bond acceptors (Lipinski definition) is 5. The van der Waals surface area contributed by atoms with Crippen molar-refractivity contribution in [3.63, 3.8) is 0 Å². The van der Waals surface area contributed by atoms with Gasteiger partial charge in [-0.3, -0.25) is 4.79 Å². The Labute approximate surface area is 168 Å². The molecule has 6 nitrogen and oxygen atoms in total. The predicted molar refractivity (Wildman–Crippen MR) is 108 cm³/mol. The van der Waals surface area contributed by atoms with E-state index >= 15 is 0 Å². The van der Waals surface area contributed by atoms with Crippen LogP contribution in [0.3, 0.4) is 0 Å². The molecule has 146 valence electrons. The third-order valence-corrected chi connectivity index (χ3v) is 5.31. The first-order valence-corrected chi connectivity index (χ1v) is 9.82. The Bertz CT molecular complexity index is 839. The summed E-state index contributed by atoms with van der Waals surface area (Å²) >= 11 is 1.61. The third-order valence-electron chi connectivity index (χ3n) is 4.34. The normalized spacial score (nSPS) is 18.8. The number of carbonyl (C=O) groups is 2. The zero-order valence-corrected chi connectivity index (χ0v) is 16.3. The minimum Gasteiger partial charge on any atom is -0.497 e. The molecule has 0 radical (unpaired) electrons. The van der Waals surface area contributed by atoms with E-state index in [4.69, 9.17) is 9.47 Å². The topological polar surface area (TPSA) is 76.7 Å². The highest BCUT2D eigenvalue weighted by Gasteiger charge is 2.38. The Morgan fingerprint density at radius 2 is 1.86 bits per heavy atom. The number of benzene rings is 2. The number of ether oxygens (including phenoxy) is 2. The number of thioether (sulfide) groups is 1. The lowest BCUT2D eigenvalue weighted by atomic mass is 9.89. The Kier molecular flexibility index (Phi) is 6.60. The fourth-order valence-corrected chi connectivity index (χ4v) is 3.71. The smallest absolute Gasteiger partial charge is 0.319 e. The van der Waals surface area contributed by atoms with E-state index in [1.807, 2.05) is 42.5 Å².